The topological polar surface area (TPSA) is 75.1 Å². The lowest BCUT2D eigenvalue weighted by Crippen LogP contribution is -2.12. The second-order valence-corrected chi connectivity index (χ2v) is 4.82. The zero-order valence-electron chi connectivity index (χ0n) is 10.0. The Labute approximate surface area is 109 Å². The third kappa shape index (κ3) is 2.65. The standard InChI is InChI=1S/C12H13N3O2S/c1-7-3-4-9(12(16)17)10(14-7)15-8(2)11-13-5-6-18-11/h3-6,8H,1-2H3,(H,14,15)(H,16,17). The first-order valence-corrected chi connectivity index (χ1v) is 6.32. The summed E-state index contributed by atoms with van der Waals surface area (Å²) in [7, 11) is 0. The van der Waals surface area contributed by atoms with Gasteiger partial charge in [0.25, 0.3) is 0 Å². The molecule has 1 unspecified atom stereocenters. The van der Waals surface area contributed by atoms with Gasteiger partial charge in [0.05, 0.1) is 6.04 Å². The normalized spacial score (nSPS) is 12.1. The van der Waals surface area contributed by atoms with Gasteiger partial charge < -0.3 is 10.4 Å². The highest BCUT2D eigenvalue weighted by atomic mass is 32.1. The number of carbonyl (C=O) groups is 1. The predicted molar refractivity (Wildman–Crippen MR) is 70.1 cm³/mol. The fourth-order valence-electron chi connectivity index (χ4n) is 1.55. The van der Waals surface area contributed by atoms with E-state index in [1.54, 1.807) is 18.3 Å². The maximum absolute atomic E-state index is 11.1. The molecule has 1 atom stereocenters. The number of aryl methyl sites for hydroxylation is 1. The van der Waals surface area contributed by atoms with E-state index in [4.69, 9.17) is 5.11 Å². The number of aromatic nitrogens is 2. The first kappa shape index (κ1) is 12.5. The molecule has 0 aromatic carbocycles. The second kappa shape index (κ2) is 5.14. The lowest BCUT2D eigenvalue weighted by Gasteiger charge is -2.14. The van der Waals surface area contributed by atoms with Gasteiger partial charge in [0.2, 0.25) is 0 Å². The first-order valence-electron chi connectivity index (χ1n) is 5.45. The van der Waals surface area contributed by atoms with E-state index in [1.165, 1.54) is 11.3 Å². The average molecular weight is 263 g/mol. The number of hydrogen-bond acceptors (Lipinski definition) is 5. The van der Waals surface area contributed by atoms with Crippen molar-refractivity contribution in [1.29, 1.82) is 0 Å². The van der Waals surface area contributed by atoms with Crippen LogP contribution in [0.5, 0.6) is 0 Å². The van der Waals surface area contributed by atoms with Crippen molar-refractivity contribution in [1.82, 2.24) is 9.97 Å². The number of rotatable bonds is 4. The lowest BCUT2D eigenvalue weighted by molar-refractivity contribution is 0.0697. The smallest absolute Gasteiger partial charge is 0.339 e. The number of pyridine rings is 1. The van der Waals surface area contributed by atoms with Crippen LogP contribution >= 0.6 is 11.3 Å². The third-order valence-electron chi connectivity index (χ3n) is 2.44. The summed E-state index contributed by atoms with van der Waals surface area (Å²) in [5, 5.41) is 15.0. The highest BCUT2D eigenvalue weighted by molar-refractivity contribution is 7.09. The Morgan fingerprint density at radius 1 is 1.50 bits per heavy atom. The van der Waals surface area contributed by atoms with Crippen molar-refractivity contribution in [2.24, 2.45) is 0 Å². The molecule has 2 aromatic rings. The molecule has 94 valence electrons. The van der Waals surface area contributed by atoms with Crippen LogP contribution in [0, 0.1) is 6.92 Å². The van der Waals surface area contributed by atoms with Gasteiger partial charge in [-0.3, -0.25) is 0 Å². The molecule has 0 saturated heterocycles. The van der Waals surface area contributed by atoms with Gasteiger partial charge in [-0.05, 0) is 26.0 Å². The molecule has 6 heteroatoms. The third-order valence-corrected chi connectivity index (χ3v) is 3.40. The summed E-state index contributed by atoms with van der Waals surface area (Å²) >= 11 is 1.52. The van der Waals surface area contributed by atoms with Gasteiger partial charge in [-0.25, -0.2) is 14.8 Å². The van der Waals surface area contributed by atoms with Crippen LogP contribution in [0.3, 0.4) is 0 Å². The van der Waals surface area contributed by atoms with Crippen LogP contribution in [0.4, 0.5) is 5.82 Å². The molecule has 0 spiro atoms. The molecular formula is C12H13N3O2S. The van der Waals surface area contributed by atoms with Crippen molar-refractivity contribution in [2.45, 2.75) is 19.9 Å². The summed E-state index contributed by atoms with van der Waals surface area (Å²) in [4.78, 5) is 19.5. The number of anilines is 1. The van der Waals surface area contributed by atoms with Gasteiger partial charge in [-0.2, -0.15) is 0 Å². The molecule has 0 aliphatic carbocycles. The number of hydrogen-bond donors (Lipinski definition) is 2. The molecule has 5 nitrogen and oxygen atoms in total. The summed E-state index contributed by atoms with van der Waals surface area (Å²) < 4.78 is 0. The van der Waals surface area contributed by atoms with Gasteiger partial charge in [-0.15, -0.1) is 11.3 Å². The highest BCUT2D eigenvalue weighted by Crippen LogP contribution is 2.22. The minimum Gasteiger partial charge on any atom is -0.478 e. The van der Waals surface area contributed by atoms with Gasteiger partial charge in [0.15, 0.2) is 0 Å². The molecule has 2 N–H and O–H groups in total. The van der Waals surface area contributed by atoms with E-state index >= 15 is 0 Å². The zero-order valence-corrected chi connectivity index (χ0v) is 10.9. The van der Waals surface area contributed by atoms with Gasteiger partial charge in [-0.1, -0.05) is 0 Å². The van der Waals surface area contributed by atoms with E-state index < -0.39 is 5.97 Å². The molecule has 2 rings (SSSR count). The fraction of sp³-hybridized carbons (Fsp3) is 0.250. The second-order valence-electron chi connectivity index (χ2n) is 3.89. The van der Waals surface area contributed by atoms with Crippen molar-refractivity contribution < 1.29 is 9.90 Å². The van der Waals surface area contributed by atoms with E-state index in [1.807, 2.05) is 19.2 Å². The Bertz CT molecular complexity index is 554. The highest BCUT2D eigenvalue weighted by Gasteiger charge is 2.15. The summed E-state index contributed by atoms with van der Waals surface area (Å²) in [6, 6.07) is 3.17. The van der Waals surface area contributed by atoms with Crippen LogP contribution in [0.2, 0.25) is 0 Å². The van der Waals surface area contributed by atoms with Crippen molar-refractivity contribution in [3.05, 3.63) is 40.0 Å². The Morgan fingerprint density at radius 3 is 2.89 bits per heavy atom. The Balaban J connectivity index is 2.28. The number of carboxylic acid groups (broad SMARTS) is 1. The van der Waals surface area contributed by atoms with E-state index in [9.17, 15) is 4.79 Å². The quantitative estimate of drug-likeness (QED) is 0.887. The molecule has 0 bridgehead atoms. The largest absolute Gasteiger partial charge is 0.478 e. The lowest BCUT2D eigenvalue weighted by atomic mass is 10.2. The summed E-state index contributed by atoms with van der Waals surface area (Å²) in [6.07, 6.45) is 1.72. The molecular weight excluding hydrogens is 250 g/mol. The van der Waals surface area contributed by atoms with Crippen molar-refractivity contribution in [3.8, 4) is 0 Å². The Hall–Kier alpha value is -1.95. The number of nitrogens with one attached hydrogen (secondary N) is 1. The number of aromatic carboxylic acids is 1. The summed E-state index contributed by atoms with van der Waals surface area (Å²) in [6.45, 7) is 3.75. The van der Waals surface area contributed by atoms with Crippen molar-refractivity contribution in [2.75, 3.05) is 5.32 Å². The molecule has 0 saturated carbocycles. The molecule has 18 heavy (non-hydrogen) atoms. The molecule has 0 aliphatic heterocycles. The first-order chi connectivity index (χ1) is 8.58. The monoisotopic (exact) mass is 263 g/mol. The van der Waals surface area contributed by atoms with Gasteiger partial charge >= 0.3 is 5.97 Å². The Kier molecular flexibility index (Phi) is 3.57. The molecule has 0 aliphatic rings. The van der Waals surface area contributed by atoms with Crippen molar-refractivity contribution in [3.63, 3.8) is 0 Å². The van der Waals surface area contributed by atoms with Crippen LogP contribution in [-0.4, -0.2) is 21.0 Å². The van der Waals surface area contributed by atoms with Gasteiger partial charge in [0.1, 0.15) is 16.4 Å². The maximum atomic E-state index is 11.1. The summed E-state index contributed by atoms with van der Waals surface area (Å²) in [5.41, 5.74) is 0.942. The van der Waals surface area contributed by atoms with E-state index in [-0.39, 0.29) is 11.6 Å². The van der Waals surface area contributed by atoms with Crippen LogP contribution in [0.25, 0.3) is 0 Å². The minimum atomic E-state index is -0.990. The predicted octanol–water partition coefficient (Wildman–Crippen LogP) is 2.72. The SMILES string of the molecule is Cc1ccc(C(=O)O)c(NC(C)c2nccs2)n1. The van der Waals surface area contributed by atoms with Crippen LogP contribution in [0.1, 0.15) is 34.0 Å². The molecule has 2 heterocycles. The molecule has 2 aromatic heterocycles. The van der Waals surface area contributed by atoms with E-state index in [0.29, 0.717) is 5.82 Å². The zero-order chi connectivity index (χ0) is 13.1. The number of nitrogens with zero attached hydrogens (tertiary/aromatic N) is 2. The fourth-order valence-corrected chi connectivity index (χ4v) is 2.20. The van der Waals surface area contributed by atoms with E-state index in [2.05, 4.69) is 15.3 Å². The van der Waals surface area contributed by atoms with Crippen LogP contribution < -0.4 is 5.32 Å². The average Bonchev–Trinajstić information content (AvgIpc) is 2.81. The van der Waals surface area contributed by atoms with Crippen LogP contribution in [0.15, 0.2) is 23.7 Å². The summed E-state index contributed by atoms with van der Waals surface area (Å²) in [5.74, 6) is -0.610. The van der Waals surface area contributed by atoms with Crippen LogP contribution in [-0.2, 0) is 0 Å². The van der Waals surface area contributed by atoms with E-state index in [0.717, 1.165) is 10.7 Å². The van der Waals surface area contributed by atoms with Crippen molar-refractivity contribution >= 4 is 23.1 Å². The Morgan fingerprint density at radius 2 is 2.28 bits per heavy atom. The molecule has 0 amide bonds. The molecule has 0 radical (unpaired) electrons. The van der Waals surface area contributed by atoms with Gasteiger partial charge in [0, 0.05) is 17.3 Å². The molecule has 0 fully saturated rings. The number of carboxylic acids is 1. The minimum absolute atomic E-state index is 0.0719. The maximum Gasteiger partial charge on any atom is 0.339 e. The number of thiazole rings is 1.